The molecule has 1 unspecified atom stereocenters. The van der Waals surface area contributed by atoms with Crippen molar-refractivity contribution < 1.29 is 18.9 Å². The molecule has 0 aliphatic heterocycles. The van der Waals surface area contributed by atoms with E-state index in [0.29, 0.717) is 11.7 Å². The number of carbonyl (C=O) groups is 2. The Morgan fingerprint density at radius 3 is 2.76 bits per heavy atom. The molecule has 21 heavy (non-hydrogen) atoms. The highest BCUT2D eigenvalue weighted by molar-refractivity contribution is 5.91. The molecule has 3 N–H and O–H groups in total. The summed E-state index contributed by atoms with van der Waals surface area (Å²) >= 11 is 0. The summed E-state index contributed by atoms with van der Waals surface area (Å²) in [5.41, 5.74) is 0.419. The fourth-order valence-corrected chi connectivity index (χ4v) is 1.96. The van der Waals surface area contributed by atoms with Crippen LogP contribution in [0.3, 0.4) is 0 Å². The minimum atomic E-state index is -0.398. The van der Waals surface area contributed by atoms with E-state index in [9.17, 15) is 14.0 Å². The van der Waals surface area contributed by atoms with Crippen LogP contribution in [-0.4, -0.2) is 37.5 Å². The van der Waals surface area contributed by atoms with Gasteiger partial charge in [-0.15, -0.1) is 0 Å². The SMILES string of the molecule is C[C@H](C(=O)NC1CC1)[NH+](C)CC(=O)Nc1cccc(F)c1. The van der Waals surface area contributed by atoms with E-state index in [1.54, 1.807) is 20.0 Å². The second-order valence-corrected chi connectivity index (χ2v) is 5.59. The lowest BCUT2D eigenvalue weighted by molar-refractivity contribution is -0.885. The Morgan fingerprint density at radius 2 is 2.14 bits per heavy atom. The monoisotopic (exact) mass is 294 g/mol. The average molecular weight is 294 g/mol. The number of quaternary nitrogens is 1. The van der Waals surface area contributed by atoms with Crippen molar-refractivity contribution in [3.05, 3.63) is 30.1 Å². The molecule has 1 fully saturated rings. The van der Waals surface area contributed by atoms with Crippen LogP contribution < -0.4 is 15.5 Å². The van der Waals surface area contributed by atoms with Gasteiger partial charge in [0.25, 0.3) is 11.8 Å². The molecule has 1 aromatic rings. The summed E-state index contributed by atoms with van der Waals surface area (Å²) in [7, 11) is 1.79. The predicted octanol–water partition coefficient (Wildman–Crippen LogP) is -0.0540. The van der Waals surface area contributed by atoms with Gasteiger partial charge >= 0.3 is 0 Å². The predicted molar refractivity (Wildman–Crippen MR) is 77.4 cm³/mol. The summed E-state index contributed by atoms with van der Waals surface area (Å²) in [6.45, 7) is 1.94. The summed E-state index contributed by atoms with van der Waals surface area (Å²) in [5.74, 6) is -0.677. The summed E-state index contributed by atoms with van der Waals surface area (Å²) in [6, 6.07) is 5.75. The van der Waals surface area contributed by atoms with E-state index in [-0.39, 0.29) is 24.4 Å². The standard InChI is InChI=1S/C15H20FN3O2/c1-10(15(21)18-12-6-7-12)19(2)9-14(20)17-13-5-3-4-11(16)8-13/h3-5,8,10,12H,6-7,9H2,1-2H3,(H,17,20)(H,18,21)/p+1/t10-/m1/s1. The Kier molecular flexibility index (Phi) is 4.90. The molecule has 1 saturated carbocycles. The van der Waals surface area contributed by atoms with Crippen LogP contribution in [0.25, 0.3) is 0 Å². The molecule has 0 bridgehead atoms. The number of rotatable bonds is 6. The largest absolute Gasteiger partial charge is 0.348 e. The third-order valence-electron chi connectivity index (χ3n) is 3.60. The molecule has 0 heterocycles. The van der Waals surface area contributed by atoms with Crippen molar-refractivity contribution in [3.63, 3.8) is 0 Å². The first kappa shape index (κ1) is 15.4. The van der Waals surface area contributed by atoms with Crippen LogP contribution >= 0.6 is 0 Å². The van der Waals surface area contributed by atoms with Gasteiger partial charge in [-0.3, -0.25) is 9.59 Å². The van der Waals surface area contributed by atoms with Gasteiger partial charge in [0.05, 0.1) is 7.05 Å². The van der Waals surface area contributed by atoms with Gasteiger partial charge in [0.15, 0.2) is 12.6 Å². The average Bonchev–Trinajstić information content (AvgIpc) is 3.21. The fraction of sp³-hybridized carbons (Fsp3) is 0.467. The van der Waals surface area contributed by atoms with Gasteiger partial charge in [0.2, 0.25) is 0 Å². The Bertz CT molecular complexity index is 531. The molecule has 1 aromatic carbocycles. The second kappa shape index (κ2) is 6.67. The summed E-state index contributed by atoms with van der Waals surface area (Å²) in [6.07, 6.45) is 2.08. The van der Waals surface area contributed by atoms with Crippen LogP contribution in [0.5, 0.6) is 0 Å². The molecule has 0 saturated heterocycles. The van der Waals surface area contributed by atoms with Crippen LogP contribution in [0.4, 0.5) is 10.1 Å². The van der Waals surface area contributed by atoms with E-state index in [1.165, 1.54) is 18.2 Å². The van der Waals surface area contributed by atoms with Gasteiger partial charge in [0, 0.05) is 11.7 Å². The molecular formula is C15H21FN3O2+. The van der Waals surface area contributed by atoms with Crippen molar-refractivity contribution in [2.75, 3.05) is 18.9 Å². The smallest absolute Gasteiger partial charge is 0.279 e. The summed E-state index contributed by atoms with van der Waals surface area (Å²) < 4.78 is 13.0. The van der Waals surface area contributed by atoms with Gasteiger partial charge in [-0.2, -0.15) is 0 Å². The molecule has 5 nitrogen and oxygen atoms in total. The van der Waals surface area contributed by atoms with Crippen LogP contribution in [0.2, 0.25) is 0 Å². The van der Waals surface area contributed by atoms with Gasteiger partial charge < -0.3 is 15.5 Å². The third-order valence-corrected chi connectivity index (χ3v) is 3.60. The van der Waals surface area contributed by atoms with Gasteiger partial charge in [-0.05, 0) is 38.0 Å². The van der Waals surface area contributed by atoms with Crippen LogP contribution in [0, 0.1) is 5.82 Å². The lowest BCUT2D eigenvalue weighted by Crippen LogP contribution is -3.15. The lowest BCUT2D eigenvalue weighted by atomic mass is 10.2. The van der Waals surface area contributed by atoms with Crippen molar-refractivity contribution in [1.82, 2.24) is 5.32 Å². The Balaban J connectivity index is 1.81. The van der Waals surface area contributed by atoms with Crippen LogP contribution in [0.15, 0.2) is 24.3 Å². The minimum absolute atomic E-state index is 0.0337. The van der Waals surface area contributed by atoms with Crippen molar-refractivity contribution in [1.29, 1.82) is 0 Å². The van der Waals surface area contributed by atoms with E-state index in [4.69, 9.17) is 0 Å². The molecule has 1 aliphatic rings. The van der Waals surface area contributed by atoms with Crippen molar-refractivity contribution in [2.45, 2.75) is 31.8 Å². The number of amides is 2. The van der Waals surface area contributed by atoms with E-state index in [0.717, 1.165) is 17.7 Å². The zero-order chi connectivity index (χ0) is 15.4. The van der Waals surface area contributed by atoms with Crippen LogP contribution in [-0.2, 0) is 9.59 Å². The van der Waals surface area contributed by atoms with Crippen molar-refractivity contribution >= 4 is 17.5 Å². The van der Waals surface area contributed by atoms with Crippen molar-refractivity contribution in [2.24, 2.45) is 0 Å². The Morgan fingerprint density at radius 1 is 1.43 bits per heavy atom. The quantitative estimate of drug-likeness (QED) is 0.689. The number of carbonyl (C=O) groups excluding carboxylic acids is 2. The Hall–Kier alpha value is -1.95. The molecule has 0 aromatic heterocycles. The van der Waals surface area contributed by atoms with E-state index in [2.05, 4.69) is 10.6 Å². The first-order valence-corrected chi connectivity index (χ1v) is 7.14. The number of benzene rings is 1. The van der Waals surface area contributed by atoms with Crippen molar-refractivity contribution in [3.8, 4) is 0 Å². The molecule has 0 spiro atoms. The topological polar surface area (TPSA) is 62.6 Å². The number of likely N-dealkylation sites (N-methyl/N-ethyl adjacent to an activating group) is 1. The molecule has 6 heteroatoms. The van der Waals surface area contributed by atoms with E-state index < -0.39 is 5.82 Å². The fourth-order valence-electron chi connectivity index (χ4n) is 1.96. The zero-order valence-corrected chi connectivity index (χ0v) is 12.3. The van der Waals surface area contributed by atoms with E-state index in [1.807, 2.05) is 0 Å². The molecule has 2 rings (SSSR count). The highest BCUT2D eigenvalue weighted by Crippen LogP contribution is 2.18. The summed E-state index contributed by atoms with van der Waals surface area (Å²) in [4.78, 5) is 24.6. The van der Waals surface area contributed by atoms with Gasteiger partial charge in [-0.25, -0.2) is 4.39 Å². The second-order valence-electron chi connectivity index (χ2n) is 5.59. The number of hydrogen-bond acceptors (Lipinski definition) is 2. The third kappa shape index (κ3) is 4.82. The molecule has 2 atom stereocenters. The zero-order valence-electron chi connectivity index (χ0n) is 12.3. The maximum absolute atomic E-state index is 13.0. The van der Waals surface area contributed by atoms with E-state index >= 15 is 0 Å². The number of nitrogens with one attached hydrogen (secondary N) is 3. The van der Waals surface area contributed by atoms with Gasteiger partial charge in [-0.1, -0.05) is 6.07 Å². The molecule has 0 radical (unpaired) electrons. The van der Waals surface area contributed by atoms with Gasteiger partial charge in [0.1, 0.15) is 5.82 Å². The number of halogens is 1. The summed E-state index contributed by atoms with van der Waals surface area (Å²) in [5, 5.41) is 5.55. The lowest BCUT2D eigenvalue weighted by Gasteiger charge is -2.20. The maximum atomic E-state index is 13.0. The number of hydrogen-bond donors (Lipinski definition) is 3. The highest BCUT2D eigenvalue weighted by Gasteiger charge is 2.29. The molecule has 114 valence electrons. The number of anilines is 1. The molecule has 2 amide bonds. The maximum Gasteiger partial charge on any atom is 0.279 e. The molecule has 1 aliphatic carbocycles. The van der Waals surface area contributed by atoms with Crippen LogP contribution in [0.1, 0.15) is 19.8 Å². The highest BCUT2D eigenvalue weighted by atomic mass is 19.1. The normalized spacial score (nSPS) is 16.9. The first-order chi connectivity index (χ1) is 9.95. The first-order valence-electron chi connectivity index (χ1n) is 7.14. The molecular weight excluding hydrogens is 273 g/mol. The Labute approximate surface area is 123 Å². The minimum Gasteiger partial charge on any atom is -0.348 e.